The Bertz CT molecular complexity index is 1440. The first-order chi connectivity index (χ1) is 17.0. The van der Waals surface area contributed by atoms with Crippen molar-refractivity contribution in [1.82, 2.24) is 20.2 Å². The lowest BCUT2D eigenvalue weighted by Crippen LogP contribution is -2.47. The van der Waals surface area contributed by atoms with Crippen LogP contribution in [0.15, 0.2) is 36.8 Å². The van der Waals surface area contributed by atoms with Crippen molar-refractivity contribution in [3.05, 3.63) is 63.0 Å². The second kappa shape index (κ2) is 9.26. The number of ether oxygens (including phenoxy) is 1. The molecular weight excluding hydrogens is 540 g/mol. The maximum Gasteiger partial charge on any atom is 0.419 e. The summed E-state index contributed by atoms with van der Waals surface area (Å²) in [5.41, 5.74) is 6.58. The SMILES string of the molecule is C[C@H]1CCN1c1ncc(-c2n[nH]c3cc(Cl)c(O[C@H](N)c4c(Cl)cncc4Cl)cc23)cc1C(F)(F)F. The second-order valence-electron chi connectivity index (χ2n) is 8.38. The van der Waals surface area contributed by atoms with E-state index in [1.54, 1.807) is 11.0 Å². The molecule has 0 unspecified atom stereocenters. The monoisotopic (exact) mass is 556 g/mol. The van der Waals surface area contributed by atoms with Crippen LogP contribution < -0.4 is 15.4 Å². The Morgan fingerprint density at radius 3 is 2.44 bits per heavy atom. The highest BCUT2D eigenvalue weighted by Gasteiger charge is 2.39. The first-order valence-electron chi connectivity index (χ1n) is 10.8. The van der Waals surface area contributed by atoms with Crippen molar-refractivity contribution in [2.24, 2.45) is 5.73 Å². The Hall–Kier alpha value is -2.79. The molecule has 1 aliphatic rings. The van der Waals surface area contributed by atoms with E-state index in [1.165, 1.54) is 24.7 Å². The lowest BCUT2D eigenvalue weighted by Gasteiger charge is -2.40. The fourth-order valence-electron chi connectivity index (χ4n) is 4.07. The average Bonchev–Trinajstić information content (AvgIpc) is 3.20. The summed E-state index contributed by atoms with van der Waals surface area (Å²) in [6, 6.07) is 4.13. The first-order valence-corrected chi connectivity index (χ1v) is 11.9. The van der Waals surface area contributed by atoms with E-state index < -0.39 is 18.0 Å². The van der Waals surface area contributed by atoms with E-state index in [0.717, 1.165) is 12.5 Å². The zero-order chi connectivity index (χ0) is 25.8. The molecule has 0 amide bonds. The highest BCUT2D eigenvalue weighted by atomic mass is 35.5. The van der Waals surface area contributed by atoms with Crippen LogP contribution in [0.25, 0.3) is 22.2 Å². The van der Waals surface area contributed by atoms with Gasteiger partial charge < -0.3 is 9.64 Å². The van der Waals surface area contributed by atoms with Crippen molar-refractivity contribution < 1.29 is 17.9 Å². The molecule has 188 valence electrons. The van der Waals surface area contributed by atoms with Crippen LogP contribution in [0, 0.1) is 0 Å². The molecule has 0 spiro atoms. The van der Waals surface area contributed by atoms with Crippen molar-refractivity contribution in [3.8, 4) is 17.0 Å². The fraction of sp³-hybridized carbons (Fsp3) is 0.261. The minimum absolute atomic E-state index is 0.0101. The number of halogens is 6. The van der Waals surface area contributed by atoms with Crippen LogP contribution in [0.2, 0.25) is 15.1 Å². The molecule has 4 aromatic rings. The lowest BCUT2D eigenvalue weighted by molar-refractivity contribution is -0.137. The summed E-state index contributed by atoms with van der Waals surface area (Å²) in [4.78, 5) is 9.69. The van der Waals surface area contributed by atoms with E-state index in [2.05, 4.69) is 20.2 Å². The lowest BCUT2D eigenvalue weighted by atomic mass is 10.0. The van der Waals surface area contributed by atoms with Gasteiger partial charge in [-0.3, -0.25) is 15.8 Å². The standard InChI is InChI=1S/C23H18Cl3F3N6O/c1-10-2-3-35(10)22-13(23(27,28)29)4-11(7-32-22)20-12-5-18(14(24)6-17(12)33-34-20)36-21(30)19-15(25)8-31-9-16(19)26/h4-10,21H,2-3,30H2,1H3,(H,33,34)/t10-,21-/m0/s1. The minimum atomic E-state index is -4.59. The van der Waals surface area contributed by atoms with Crippen molar-refractivity contribution in [1.29, 1.82) is 0 Å². The molecular formula is C23H18Cl3F3N6O. The summed E-state index contributed by atoms with van der Waals surface area (Å²) in [7, 11) is 0. The molecule has 1 aliphatic heterocycles. The highest BCUT2D eigenvalue weighted by molar-refractivity contribution is 6.36. The van der Waals surface area contributed by atoms with Crippen molar-refractivity contribution in [3.63, 3.8) is 0 Å². The van der Waals surface area contributed by atoms with Gasteiger partial charge in [-0.2, -0.15) is 18.3 Å². The molecule has 0 saturated carbocycles. The number of alkyl halides is 3. The maximum absolute atomic E-state index is 13.9. The van der Waals surface area contributed by atoms with E-state index in [0.29, 0.717) is 23.0 Å². The molecule has 7 nitrogen and oxygen atoms in total. The molecule has 3 N–H and O–H groups in total. The second-order valence-corrected chi connectivity index (χ2v) is 9.60. The Morgan fingerprint density at radius 2 is 1.83 bits per heavy atom. The van der Waals surface area contributed by atoms with Crippen LogP contribution in [-0.2, 0) is 6.18 Å². The summed E-state index contributed by atoms with van der Waals surface area (Å²) < 4.78 is 47.7. The molecule has 0 bridgehead atoms. The number of hydrogen-bond donors (Lipinski definition) is 2. The van der Waals surface area contributed by atoms with Crippen LogP contribution >= 0.6 is 34.8 Å². The Labute approximate surface area is 218 Å². The Kier molecular flexibility index (Phi) is 6.40. The number of nitrogens with two attached hydrogens (primary N) is 1. The fourth-order valence-corrected chi connectivity index (χ4v) is 4.86. The molecule has 2 atom stereocenters. The minimum Gasteiger partial charge on any atom is -0.470 e. The summed E-state index contributed by atoms with van der Waals surface area (Å²) in [6.07, 6.45) is -0.737. The Morgan fingerprint density at radius 1 is 1.11 bits per heavy atom. The molecule has 36 heavy (non-hydrogen) atoms. The van der Waals surface area contributed by atoms with Gasteiger partial charge in [0.15, 0.2) is 6.23 Å². The van der Waals surface area contributed by atoms with Gasteiger partial charge in [0, 0.05) is 47.7 Å². The molecule has 5 rings (SSSR count). The normalized spacial score (nSPS) is 16.8. The molecule has 3 aromatic heterocycles. The number of hydrogen-bond acceptors (Lipinski definition) is 6. The number of fused-ring (bicyclic) bond motifs is 1. The molecule has 0 aliphatic carbocycles. The van der Waals surface area contributed by atoms with Gasteiger partial charge in [-0.25, -0.2) is 4.98 Å². The third kappa shape index (κ3) is 4.43. The molecule has 1 fully saturated rings. The smallest absolute Gasteiger partial charge is 0.419 e. The van der Waals surface area contributed by atoms with E-state index in [1.807, 2.05) is 6.92 Å². The van der Waals surface area contributed by atoms with Gasteiger partial charge in [0.1, 0.15) is 17.3 Å². The average molecular weight is 558 g/mol. The topological polar surface area (TPSA) is 93.0 Å². The largest absolute Gasteiger partial charge is 0.470 e. The summed E-state index contributed by atoms with van der Waals surface area (Å²) in [5.74, 6) is 0.0762. The van der Waals surface area contributed by atoms with Gasteiger partial charge in [0.2, 0.25) is 0 Å². The van der Waals surface area contributed by atoms with Gasteiger partial charge >= 0.3 is 6.18 Å². The molecule has 13 heteroatoms. The number of nitrogens with zero attached hydrogens (tertiary/aromatic N) is 4. The summed E-state index contributed by atoms with van der Waals surface area (Å²) in [5, 5.41) is 8.09. The van der Waals surface area contributed by atoms with Crippen LogP contribution in [0.5, 0.6) is 5.75 Å². The molecule has 0 radical (unpaired) electrons. The van der Waals surface area contributed by atoms with Crippen LogP contribution in [0.4, 0.5) is 19.0 Å². The number of aromatic amines is 1. The number of benzene rings is 1. The number of aromatic nitrogens is 4. The number of pyridine rings is 2. The van der Waals surface area contributed by atoms with Gasteiger partial charge in [0.05, 0.1) is 26.1 Å². The van der Waals surface area contributed by atoms with E-state index in [4.69, 9.17) is 45.3 Å². The zero-order valence-corrected chi connectivity index (χ0v) is 20.8. The third-order valence-corrected chi connectivity index (χ3v) is 6.98. The number of anilines is 1. The number of rotatable bonds is 5. The molecule has 1 aromatic carbocycles. The summed E-state index contributed by atoms with van der Waals surface area (Å²) >= 11 is 18.7. The number of H-pyrrole nitrogens is 1. The van der Waals surface area contributed by atoms with Crippen molar-refractivity contribution in [2.45, 2.75) is 31.8 Å². The van der Waals surface area contributed by atoms with Crippen LogP contribution in [-0.4, -0.2) is 32.8 Å². The van der Waals surface area contributed by atoms with Gasteiger partial charge in [-0.1, -0.05) is 34.8 Å². The quantitative estimate of drug-likeness (QED) is 0.268. The van der Waals surface area contributed by atoms with Crippen molar-refractivity contribution in [2.75, 3.05) is 11.4 Å². The molecule has 4 heterocycles. The van der Waals surface area contributed by atoms with E-state index in [-0.39, 0.29) is 43.9 Å². The predicted molar refractivity (Wildman–Crippen MR) is 133 cm³/mol. The van der Waals surface area contributed by atoms with E-state index in [9.17, 15) is 13.2 Å². The van der Waals surface area contributed by atoms with Gasteiger partial charge in [-0.05, 0) is 31.5 Å². The summed E-state index contributed by atoms with van der Waals surface area (Å²) in [6.45, 7) is 2.38. The van der Waals surface area contributed by atoms with Gasteiger partial charge in [-0.15, -0.1) is 0 Å². The van der Waals surface area contributed by atoms with Crippen LogP contribution in [0.3, 0.4) is 0 Å². The number of nitrogens with one attached hydrogen (secondary N) is 1. The maximum atomic E-state index is 13.9. The van der Waals surface area contributed by atoms with Crippen LogP contribution in [0.1, 0.15) is 30.7 Å². The zero-order valence-electron chi connectivity index (χ0n) is 18.6. The van der Waals surface area contributed by atoms with Crippen molar-refractivity contribution >= 4 is 51.5 Å². The highest BCUT2D eigenvalue weighted by Crippen LogP contribution is 2.42. The third-order valence-electron chi connectivity index (χ3n) is 6.08. The first kappa shape index (κ1) is 24.9. The van der Waals surface area contributed by atoms with E-state index >= 15 is 0 Å². The predicted octanol–water partition coefficient (Wildman–Crippen LogP) is 6.63. The Balaban J connectivity index is 1.55. The van der Waals surface area contributed by atoms with Gasteiger partial charge in [0.25, 0.3) is 0 Å². The molecule has 1 saturated heterocycles.